The summed E-state index contributed by atoms with van der Waals surface area (Å²) in [6, 6.07) is 6.22. The van der Waals surface area contributed by atoms with Crippen LogP contribution in [-0.4, -0.2) is 47.2 Å². The molecule has 0 bridgehead atoms. The van der Waals surface area contributed by atoms with Crippen LogP contribution in [0.5, 0.6) is 0 Å². The second kappa shape index (κ2) is 9.44. The van der Waals surface area contributed by atoms with Crippen LogP contribution in [-0.2, 0) is 11.2 Å². The van der Waals surface area contributed by atoms with Crippen LogP contribution in [0, 0.1) is 5.92 Å². The molecule has 2 amide bonds. The zero-order chi connectivity index (χ0) is 21.0. The zero-order valence-corrected chi connectivity index (χ0v) is 17.5. The van der Waals surface area contributed by atoms with Crippen LogP contribution in [0.25, 0.3) is 0 Å². The number of urea groups is 1. The van der Waals surface area contributed by atoms with Crippen molar-refractivity contribution >= 4 is 17.7 Å². The van der Waals surface area contributed by atoms with Crippen LogP contribution in [0.2, 0.25) is 0 Å². The number of nitrogens with zero attached hydrogens (tertiary/aromatic N) is 1. The molecule has 6 nitrogen and oxygen atoms in total. The fraction of sp³-hybridized carbons (Fsp3) is 0.565. The SMILES string of the molecule is C=CCc1cccc(C(C)C)c1NC(=O)NC1CC(N(CC(=O)O)CC2CC2)C1. The van der Waals surface area contributed by atoms with E-state index in [1.165, 1.54) is 12.8 Å². The topological polar surface area (TPSA) is 81.7 Å². The Morgan fingerprint density at radius 2 is 2.03 bits per heavy atom. The second-order valence-electron chi connectivity index (χ2n) is 8.72. The highest BCUT2D eigenvalue weighted by atomic mass is 16.4. The first-order valence-corrected chi connectivity index (χ1v) is 10.6. The Balaban J connectivity index is 1.55. The second-order valence-corrected chi connectivity index (χ2v) is 8.72. The van der Waals surface area contributed by atoms with Crippen LogP contribution in [0.1, 0.15) is 56.6 Å². The first kappa shape index (κ1) is 21.4. The lowest BCUT2D eigenvalue weighted by Crippen LogP contribution is -2.56. The zero-order valence-electron chi connectivity index (χ0n) is 17.5. The fourth-order valence-electron chi connectivity index (χ4n) is 4.07. The van der Waals surface area contributed by atoms with Crippen molar-refractivity contribution in [1.29, 1.82) is 0 Å². The molecular weight excluding hydrogens is 366 g/mol. The Labute approximate surface area is 173 Å². The van der Waals surface area contributed by atoms with Crippen molar-refractivity contribution in [2.75, 3.05) is 18.4 Å². The average Bonchev–Trinajstić information content (AvgIpc) is 3.42. The summed E-state index contributed by atoms with van der Waals surface area (Å²) in [5, 5.41) is 15.3. The Bertz CT molecular complexity index is 752. The Hall–Kier alpha value is -2.34. The molecule has 0 spiro atoms. The molecule has 0 heterocycles. The van der Waals surface area contributed by atoms with Gasteiger partial charge in [0.1, 0.15) is 0 Å². The third-order valence-corrected chi connectivity index (χ3v) is 5.90. The van der Waals surface area contributed by atoms with E-state index in [2.05, 4.69) is 36.0 Å². The summed E-state index contributed by atoms with van der Waals surface area (Å²) in [6.45, 7) is 9.00. The lowest BCUT2D eigenvalue weighted by atomic mass is 9.85. The third-order valence-electron chi connectivity index (χ3n) is 5.90. The van der Waals surface area contributed by atoms with Crippen molar-refractivity contribution in [2.45, 2.75) is 64.0 Å². The van der Waals surface area contributed by atoms with Gasteiger partial charge < -0.3 is 15.7 Å². The van der Waals surface area contributed by atoms with Gasteiger partial charge in [-0.1, -0.05) is 38.1 Å². The smallest absolute Gasteiger partial charge is 0.319 e. The van der Waals surface area contributed by atoms with E-state index in [1.807, 2.05) is 24.3 Å². The highest BCUT2D eigenvalue weighted by Gasteiger charge is 2.37. The molecule has 1 aromatic rings. The van der Waals surface area contributed by atoms with E-state index in [1.54, 1.807) is 0 Å². The van der Waals surface area contributed by atoms with E-state index in [4.69, 9.17) is 0 Å². The highest BCUT2D eigenvalue weighted by molar-refractivity contribution is 5.91. The van der Waals surface area contributed by atoms with Gasteiger partial charge in [0.05, 0.1) is 6.54 Å². The number of amides is 2. The van der Waals surface area contributed by atoms with Crippen LogP contribution in [0.4, 0.5) is 10.5 Å². The van der Waals surface area contributed by atoms with E-state index in [9.17, 15) is 14.7 Å². The number of benzene rings is 1. The van der Waals surface area contributed by atoms with Gasteiger partial charge in [-0.15, -0.1) is 6.58 Å². The largest absolute Gasteiger partial charge is 0.480 e. The monoisotopic (exact) mass is 399 g/mol. The predicted octanol–water partition coefficient (Wildman–Crippen LogP) is 3.99. The summed E-state index contributed by atoms with van der Waals surface area (Å²) in [4.78, 5) is 25.9. The lowest BCUT2D eigenvalue weighted by Gasteiger charge is -2.42. The number of para-hydroxylation sites is 1. The van der Waals surface area contributed by atoms with E-state index >= 15 is 0 Å². The van der Waals surface area contributed by atoms with Crippen LogP contribution >= 0.6 is 0 Å². The molecule has 0 atom stereocenters. The van der Waals surface area contributed by atoms with Crippen molar-refractivity contribution < 1.29 is 14.7 Å². The van der Waals surface area contributed by atoms with Gasteiger partial charge in [-0.05, 0) is 55.1 Å². The number of hydrogen-bond donors (Lipinski definition) is 3. The number of carboxylic acids is 1. The maximum atomic E-state index is 12.6. The molecule has 3 rings (SSSR count). The maximum Gasteiger partial charge on any atom is 0.319 e. The van der Waals surface area contributed by atoms with E-state index in [-0.39, 0.29) is 24.7 Å². The molecule has 2 aliphatic carbocycles. The molecule has 0 radical (unpaired) electrons. The van der Waals surface area contributed by atoms with E-state index in [0.29, 0.717) is 18.3 Å². The summed E-state index contributed by atoms with van der Waals surface area (Å²) in [6.07, 6.45) is 6.56. The lowest BCUT2D eigenvalue weighted by molar-refractivity contribution is -0.139. The van der Waals surface area contributed by atoms with Crippen molar-refractivity contribution in [2.24, 2.45) is 5.92 Å². The molecule has 3 N–H and O–H groups in total. The molecule has 0 aromatic heterocycles. The summed E-state index contributed by atoms with van der Waals surface area (Å²) in [5.74, 6) is 0.176. The molecular formula is C23H33N3O3. The molecule has 0 unspecified atom stereocenters. The minimum Gasteiger partial charge on any atom is -0.480 e. The molecule has 0 saturated heterocycles. The van der Waals surface area contributed by atoms with Gasteiger partial charge in [-0.3, -0.25) is 9.69 Å². The van der Waals surface area contributed by atoms with Gasteiger partial charge in [0.2, 0.25) is 0 Å². The molecule has 0 aliphatic heterocycles. The number of rotatable bonds is 10. The maximum absolute atomic E-state index is 12.6. The minimum absolute atomic E-state index is 0.0876. The molecule has 2 fully saturated rings. The molecule has 6 heteroatoms. The number of allylic oxidation sites excluding steroid dienone is 1. The van der Waals surface area contributed by atoms with Gasteiger partial charge in [0.15, 0.2) is 0 Å². The van der Waals surface area contributed by atoms with Gasteiger partial charge in [0.25, 0.3) is 0 Å². The van der Waals surface area contributed by atoms with Crippen molar-refractivity contribution in [1.82, 2.24) is 10.2 Å². The van der Waals surface area contributed by atoms with Crippen molar-refractivity contribution in [3.8, 4) is 0 Å². The minimum atomic E-state index is -0.778. The summed E-state index contributed by atoms with van der Waals surface area (Å²) >= 11 is 0. The molecule has 29 heavy (non-hydrogen) atoms. The van der Waals surface area contributed by atoms with Crippen LogP contribution in [0.3, 0.4) is 0 Å². The highest BCUT2D eigenvalue weighted by Crippen LogP contribution is 2.34. The Morgan fingerprint density at radius 3 is 2.62 bits per heavy atom. The van der Waals surface area contributed by atoms with E-state index in [0.717, 1.165) is 36.2 Å². The van der Waals surface area contributed by atoms with Crippen LogP contribution < -0.4 is 10.6 Å². The normalized spacial score (nSPS) is 21.0. The number of carbonyl (C=O) groups excluding carboxylic acids is 1. The summed E-state index contributed by atoms with van der Waals surface area (Å²) in [5.41, 5.74) is 3.05. The van der Waals surface area contributed by atoms with Gasteiger partial charge in [-0.2, -0.15) is 0 Å². The van der Waals surface area contributed by atoms with Gasteiger partial charge in [-0.25, -0.2) is 4.79 Å². The first-order chi connectivity index (χ1) is 13.9. The number of hydrogen-bond acceptors (Lipinski definition) is 3. The van der Waals surface area contributed by atoms with Gasteiger partial charge >= 0.3 is 12.0 Å². The number of nitrogens with one attached hydrogen (secondary N) is 2. The molecule has 158 valence electrons. The quantitative estimate of drug-likeness (QED) is 0.520. The first-order valence-electron chi connectivity index (χ1n) is 10.6. The number of aliphatic carboxylic acids is 1. The summed E-state index contributed by atoms with van der Waals surface area (Å²) < 4.78 is 0. The molecule has 2 aliphatic rings. The van der Waals surface area contributed by atoms with Crippen molar-refractivity contribution in [3.05, 3.63) is 42.0 Å². The molecule has 2 saturated carbocycles. The fourth-order valence-corrected chi connectivity index (χ4v) is 4.07. The van der Waals surface area contributed by atoms with Gasteiger partial charge in [0, 0.05) is 24.3 Å². The van der Waals surface area contributed by atoms with E-state index < -0.39 is 5.97 Å². The number of carboxylic acid groups (broad SMARTS) is 1. The third kappa shape index (κ3) is 5.82. The van der Waals surface area contributed by atoms with Crippen molar-refractivity contribution in [3.63, 3.8) is 0 Å². The number of anilines is 1. The summed E-state index contributed by atoms with van der Waals surface area (Å²) in [7, 11) is 0. The standard InChI is InChI=1S/C23H33N3O3/c1-4-6-17-7-5-8-20(15(2)3)22(17)25-23(29)24-18-11-19(12-18)26(14-21(27)28)13-16-9-10-16/h4-5,7-8,15-16,18-19H,1,6,9-14H2,2-3H3,(H,27,28)(H2,24,25,29). The van der Waals surface area contributed by atoms with Crippen LogP contribution in [0.15, 0.2) is 30.9 Å². The Morgan fingerprint density at radius 1 is 1.31 bits per heavy atom. The Kier molecular flexibility index (Phi) is 6.96. The average molecular weight is 400 g/mol. The predicted molar refractivity (Wildman–Crippen MR) is 115 cm³/mol. The number of carbonyl (C=O) groups is 2. The molecule has 1 aromatic carbocycles.